The molecule has 0 aliphatic heterocycles. The Hall–Kier alpha value is -2.54. The van der Waals surface area contributed by atoms with E-state index >= 15 is 0 Å². The van der Waals surface area contributed by atoms with Gasteiger partial charge in [-0.15, -0.1) is 5.10 Å². The molecule has 7 heteroatoms. The number of aryl methyl sites for hydroxylation is 1. The first-order valence-corrected chi connectivity index (χ1v) is 12.8. The Kier molecular flexibility index (Phi) is 6.58. The second-order valence-electron chi connectivity index (χ2n) is 10.0. The van der Waals surface area contributed by atoms with Crippen LogP contribution in [0.2, 0.25) is 0 Å². The molecule has 1 unspecified atom stereocenters. The van der Waals surface area contributed by atoms with Gasteiger partial charge in [0.2, 0.25) is 0 Å². The molecule has 2 aliphatic carbocycles. The second kappa shape index (κ2) is 9.75. The monoisotopic (exact) mass is 448 g/mol. The van der Waals surface area contributed by atoms with E-state index in [1.807, 2.05) is 12.1 Å². The van der Waals surface area contributed by atoms with Crippen molar-refractivity contribution < 1.29 is 0 Å². The Bertz CT molecular complexity index is 1140. The van der Waals surface area contributed by atoms with Gasteiger partial charge in [-0.05, 0) is 73.0 Å². The molecular formula is C26H36N6O. The summed E-state index contributed by atoms with van der Waals surface area (Å²) in [5.41, 5.74) is 2.94. The fourth-order valence-corrected chi connectivity index (χ4v) is 5.99. The number of pyridine rings is 1. The fraction of sp³-hybridized carbons (Fsp3) is 0.615. The van der Waals surface area contributed by atoms with Gasteiger partial charge in [-0.25, -0.2) is 4.68 Å². The van der Waals surface area contributed by atoms with Gasteiger partial charge in [0.05, 0.1) is 12.1 Å². The van der Waals surface area contributed by atoms with Gasteiger partial charge in [-0.3, -0.25) is 9.69 Å². The summed E-state index contributed by atoms with van der Waals surface area (Å²) in [6, 6.07) is 9.24. The average molecular weight is 449 g/mol. The Morgan fingerprint density at radius 1 is 1.09 bits per heavy atom. The molecule has 0 spiro atoms. The molecule has 2 aliphatic rings. The average Bonchev–Trinajstić information content (AvgIpc) is 3.53. The van der Waals surface area contributed by atoms with E-state index in [4.69, 9.17) is 0 Å². The third kappa shape index (κ3) is 4.60. The normalized spacial score (nSPS) is 19.0. The predicted octanol–water partition coefficient (Wildman–Crippen LogP) is 5.22. The Labute approximate surface area is 195 Å². The molecule has 2 aromatic heterocycles. The summed E-state index contributed by atoms with van der Waals surface area (Å²) in [4.78, 5) is 18.7. The molecule has 1 atom stereocenters. The summed E-state index contributed by atoms with van der Waals surface area (Å²) < 4.78 is 2.11. The number of hydrogen-bond acceptors (Lipinski definition) is 5. The van der Waals surface area contributed by atoms with Gasteiger partial charge < -0.3 is 4.98 Å². The van der Waals surface area contributed by atoms with Gasteiger partial charge in [0, 0.05) is 23.7 Å². The lowest BCUT2D eigenvalue weighted by Gasteiger charge is -2.36. The molecule has 0 saturated heterocycles. The number of tetrazole rings is 1. The topological polar surface area (TPSA) is 79.7 Å². The van der Waals surface area contributed by atoms with Crippen LogP contribution in [0.3, 0.4) is 0 Å². The number of hydrogen-bond donors (Lipinski definition) is 1. The van der Waals surface area contributed by atoms with Gasteiger partial charge in [0.25, 0.3) is 5.56 Å². The molecule has 2 saturated carbocycles. The maximum atomic E-state index is 13.1. The van der Waals surface area contributed by atoms with Crippen molar-refractivity contribution in [3.8, 4) is 0 Å². The van der Waals surface area contributed by atoms with E-state index in [2.05, 4.69) is 56.1 Å². The summed E-state index contributed by atoms with van der Waals surface area (Å²) >= 11 is 0. The number of H-pyrrole nitrogens is 1. The SMILES string of the molecule is CCC(c1nnnn1C1CCCCC1)N(Cc1cc2cc(C)ccc2[nH]c1=O)C1CCCC1. The van der Waals surface area contributed by atoms with Gasteiger partial charge >= 0.3 is 0 Å². The molecule has 1 N–H and O–H groups in total. The third-order valence-electron chi connectivity index (χ3n) is 7.75. The van der Waals surface area contributed by atoms with Crippen LogP contribution < -0.4 is 5.56 Å². The van der Waals surface area contributed by atoms with Crippen LogP contribution >= 0.6 is 0 Å². The summed E-state index contributed by atoms with van der Waals surface area (Å²) in [5, 5.41) is 14.2. The Balaban J connectivity index is 1.51. The minimum atomic E-state index is 0.0103. The Morgan fingerprint density at radius 2 is 1.85 bits per heavy atom. The molecule has 0 bridgehead atoms. The highest BCUT2D eigenvalue weighted by Gasteiger charge is 2.34. The third-order valence-corrected chi connectivity index (χ3v) is 7.75. The molecular weight excluding hydrogens is 412 g/mol. The van der Waals surface area contributed by atoms with E-state index in [1.54, 1.807) is 0 Å². The number of aromatic nitrogens is 5. The van der Waals surface area contributed by atoms with Crippen molar-refractivity contribution in [2.75, 3.05) is 0 Å². The van der Waals surface area contributed by atoms with Crippen LogP contribution in [0.4, 0.5) is 0 Å². The maximum Gasteiger partial charge on any atom is 0.252 e. The standard InChI is InChI=1S/C26H36N6O/c1-3-24(25-28-29-30-32(25)22-11-5-4-6-12-22)31(21-9-7-8-10-21)17-20-16-19-15-18(2)13-14-23(19)27-26(20)33/h13-16,21-22,24H,3-12,17H2,1-2H3,(H,27,33). The molecule has 0 radical (unpaired) electrons. The summed E-state index contributed by atoms with van der Waals surface area (Å²) in [5.74, 6) is 0.976. The number of nitrogens with one attached hydrogen (secondary N) is 1. The lowest BCUT2D eigenvalue weighted by atomic mass is 9.95. The highest BCUT2D eigenvalue weighted by atomic mass is 16.1. The second-order valence-corrected chi connectivity index (χ2v) is 10.0. The number of nitrogens with zero attached hydrogens (tertiary/aromatic N) is 5. The predicted molar refractivity (Wildman–Crippen MR) is 130 cm³/mol. The van der Waals surface area contributed by atoms with E-state index in [-0.39, 0.29) is 11.6 Å². The van der Waals surface area contributed by atoms with Gasteiger partial charge in [0.1, 0.15) is 0 Å². The van der Waals surface area contributed by atoms with E-state index in [1.165, 1.54) is 50.5 Å². The van der Waals surface area contributed by atoms with E-state index in [0.717, 1.165) is 41.6 Å². The molecule has 0 amide bonds. The summed E-state index contributed by atoms with van der Waals surface area (Å²) in [7, 11) is 0. The zero-order valence-electron chi connectivity index (χ0n) is 20.0. The van der Waals surface area contributed by atoms with Crippen molar-refractivity contribution in [1.82, 2.24) is 30.1 Å². The Morgan fingerprint density at radius 3 is 2.61 bits per heavy atom. The fourth-order valence-electron chi connectivity index (χ4n) is 5.99. The first kappa shape index (κ1) is 22.3. The van der Waals surface area contributed by atoms with Gasteiger partial charge in [0.15, 0.2) is 5.82 Å². The van der Waals surface area contributed by atoms with E-state index in [0.29, 0.717) is 18.6 Å². The highest BCUT2D eigenvalue weighted by Crippen LogP contribution is 2.36. The molecule has 176 valence electrons. The molecule has 3 aromatic rings. The minimum absolute atomic E-state index is 0.0103. The quantitative estimate of drug-likeness (QED) is 0.536. The minimum Gasteiger partial charge on any atom is -0.322 e. The number of rotatable bonds is 7. The van der Waals surface area contributed by atoms with E-state index < -0.39 is 0 Å². The first-order chi connectivity index (χ1) is 16.1. The maximum absolute atomic E-state index is 13.1. The summed E-state index contributed by atoms with van der Waals surface area (Å²) in [6.07, 6.45) is 11.9. The molecule has 7 nitrogen and oxygen atoms in total. The number of benzene rings is 1. The van der Waals surface area contributed by atoms with Gasteiger partial charge in [-0.1, -0.05) is 50.7 Å². The molecule has 2 fully saturated rings. The van der Waals surface area contributed by atoms with Gasteiger partial charge in [-0.2, -0.15) is 0 Å². The molecule has 33 heavy (non-hydrogen) atoms. The van der Waals surface area contributed by atoms with Crippen LogP contribution in [-0.4, -0.2) is 36.1 Å². The largest absolute Gasteiger partial charge is 0.322 e. The highest BCUT2D eigenvalue weighted by molar-refractivity contribution is 5.79. The van der Waals surface area contributed by atoms with Crippen LogP contribution in [0.25, 0.3) is 10.9 Å². The van der Waals surface area contributed by atoms with Crippen LogP contribution in [-0.2, 0) is 6.54 Å². The first-order valence-electron chi connectivity index (χ1n) is 12.8. The zero-order chi connectivity index (χ0) is 22.8. The van der Waals surface area contributed by atoms with Crippen molar-refractivity contribution in [2.24, 2.45) is 0 Å². The van der Waals surface area contributed by atoms with Crippen molar-refractivity contribution >= 4 is 10.9 Å². The number of fused-ring (bicyclic) bond motifs is 1. The van der Waals surface area contributed by atoms with Crippen molar-refractivity contribution in [3.05, 3.63) is 51.6 Å². The van der Waals surface area contributed by atoms with Crippen LogP contribution in [0.15, 0.2) is 29.1 Å². The molecule has 2 heterocycles. The lowest BCUT2D eigenvalue weighted by molar-refractivity contribution is 0.109. The van der Waals surface area contributed by atoms with Crippen LogP contribution in [0.5, 0.6) is 0 Å². The van der Waals surface area contributed by atoms with Crippen molar-refractivity contribution in [3.63, 3.8) is 0 Å². The van der Waals surface area contributed by atoms with Crippen molar-refractivity contribution in [1.29, 1.82) is 0 Å². The lowest BCUT2D eigenvalue weighted by Crippen LogP contribution is -2.39. The van der Waals surface area contributed by atoms with Crippen molar-refractivity contribution in [2.45, 2.75) is 103 Å². The van der Waals surface area contributed by atoms with Crippen LogP contribution in [0.1, 0.15) is 100 Å². The molecule has 1 aromatic carbocycles. The molecule has 5 rings (SSSR count). The van der Waals surface area contributed by atoms with E-state index in [9.17, 15) is 4.79 Å². The smallest absolute Gasteiger partial charge is 0.252 e. The van der Waals surface area contributed by atoms with Crippen LogP contribution in [0, 0.1) is 6.92 Å². The number of aromatic amines is 1. The summed E-state index contributed by atoms with van der Waals surface area (Å²) in [6.45, 7) is 4.94. The zero-order valence-corrected chi connectivity index (χ0v) is 20.0.